The largest absolute Gasteiger partial charge is 0.493 e. The number of methoxy groups -OCH3 is 2. The molecule has 0 saturated carbocycles. The van der Waals surface area contributed by atoms with Gasteiger partial charge in [-0.3, -0.25) is 0 Å². The van der Waals surface area contributed by atoms with Crippen molar-refractivity contribution in [3.63, 3.8) is 0 Å². The average molecular weight is 204 g/mol. The molecule has 0 unspecified atom stereocenters. The predicted molar refractivity (Wildman–Crippen MR) is 57.2 cm³/mol. The molecule has 0 bridgehead atoms. The summed E-state index contributed by atoms with van der Waals surface area (Å²) in [6.45, 7) is 0. The molecule has 0 N–H and O–H groups in total. The Hall–Kier alpha value is -1.90. The minimum Gasteiger partial charge on any atom is -0.493 e. The molecule has 0 fully saturated rings. The van der Waals surface area contributed by atoms with E-state index in [0.717, 1.165) is 11.3 Å². The zero-order valence-corrected chi connectivity index (χ0v) is 8.69. The van der Waals surface area contributed by atoms with Gasteiger partial charge in [-0.2, -0.15) is 0 Å². The van der Waals surface area contributed by atoms with Crippen LogP contribution in [0.4, 0.5) is 0 Å². The molecule has 1 heterocycles. The highest BCUT2D eigenvalue weighted by molar-refractivity contribution is 5.62. The second-order valence-corrected chi connectivity index (χ2v) is 3.05. The van der Waals surface area contributed by atoms with Crippen molar-refractivity contribution in [1.29, 1.82) is 0 Å². The molecule has 2 aromatic rings. The van der Waals surface area contributed by atoms with E-state index in [-0.39, 0.29) is 0 Å². The zero-order valence-electron chi connectivity index (χ0n) is 8.69. The summed E-state index contributed by atoms with van der Waals surface area (Å²) in [5, 5.41) is 0. The van der Waals surface area contributed by atoms with Crippen molar-refractivity contribution in [2.75, 3.05) is 14.2 Å². The first-order valence-corrected chi connectivity index (χ1v) is 4.61. The molecule has 0 aliphatic rings. The van der Waals surface area contributed by atoms with E-state index in [9.17, 15) is 0 Å². The second-order valence-electron chi connectivity index (χ2n) is 3.05. The van der Waals surface area contributed by atoms with Crippen molar-refractivity contribution in [3.8, 4) is 22.8 Å². The Morgan fingerprint density at radius 1 is 1.00 bits per heavy atom. The number of ether oxygens (including phenoxy) is 2. The first-order chi connectivity index (χ1) is 7.35. The third-order valence-corrected chi connectivity index (χ3v) is 2.19. The molecule has 0 radical (unpaired) electrons. The summed E-state index contributed by atoms with van der Waals surface area (Å²) in [5.74, 6) is 2.23. The van der Waals surface area contributed by atoms with Gasteiger partial charge in [-0.05, 0) is 30.3 Å². The van der Waals surface area contributed by atoms with Crippen LogP contribution in [-0.4, -0.2) is 14.2 Å². The fourth-order valence-electron chi connectivity index (χ4n) is 1.43. The minimum absolute atomic E-state index is 0.700. The number of benzene rings is 1. The lowest BCUT2D eigenvalue weighted by Gasteiger charge is -2.08. The first kappa shape index (κ1) is 9.65. The summed E-state index contributed by atoms with van der Waals surface area (Å²) in [6, 6.07) is 9.43. The lowest BCUT2D eigenvalue weighted by atomic mass is 10.1. The summed E-state index contributed by atoms with van der Waals surface area (Å²) in [7, 11) is 3.23. The van der Waals surface area contributed by atoms with Crippen LogP contribution in [0.2, 0.25) is 0 Å². The molecule has 15 heavy (non-hydrogen) atoms. The van der Waals surface area contributed by atoms with Crippen LogP contribution in [0.3, 0.4) is 0 Å². The first-order valence-electron chi connectivity index (χ1n) is 4.61. The topological polar surface area (TPSA) is 31.6 Å². The van der Waals surface area contributed by atoms with Crippen LogP contribution < -0.4 is 9.47 Å². The van der Waals surface area contributed by atoms with E-state index in [1.165, 1.54) is 0 Å². The summed E-state index contributed by atoms with van der Waals surface area (Å²) in [6.07, 6.45) is 1.64. The number of hydrogen-bond acceptors (Lipinski definition) is 3. The van der Waals surface area contributed by atoms with E-state index in [0.29, 0.717) is 11.5 Å². The summed E-state index contributed by atoms with van der Waals surface area (Å²) in [5.41, 5.74) is 0.970. The van der Waals surface area contributed by atoms with Crippen LogP contribution >= 0.6 is 0 Å². The molecule has 0 spiro atoms. The standard InChI is InChI=1S/C12H12O3/c1-13-11-6-5-9(8-12(11)14-2)10-4-3-7-15-10/h3-8H,1-2H3. The Morgan fingerprint density at radius 3 is 2.40 bits per heavy atom. The van der Waals surface area contributed by atoms with Crippen LogP contribution in [-0.2, 0) is 0 Å². The van der Waals surface area contributed by atoms with Crippen LogP contribution in [0, 0.1) is 0 Å². The maximum atomic E-state index is 5.30. The zero-order chi connectivity index (χ0) is 10.7. The van der Waals surface area contributed by atoms with Crippen LogP contribution in [0.1, 0.15) is 0 Å². The molecule has 2 rings (SSSR count). The molecule has 0 amide bonds. The fourth-order valence-corrected chi connectivity index (χ4v) is 1.43. The number of furan rings is 1. The molecule has 1 aromatic heterocycles. The van der Waals surface area contributed by atoms with Gasteiger partial charge in [-0.1, -0.05) is 0 Å². The van der Waals surface area contributed by atoms with Gasteiger partial charge in [0, 0.05) is 5.56 Å². The third kappa shape index (κ3) is 1.81. The Labute approximate surface area is 88.2 Å². The van der Waals surface area contributed by atoms with Gasteiger partial charge in [-0.15, -0.1) is 0 Å². The molecule has 0 atom stereocenters. The van der Waals surface area contributed by atoms with Gasteiger partial charge < -0.3 is 13.9 Å². The van der Waals surface area contributed by atoms with Gasteiger partial charge in [-0.25, -0.2) is 0 Å². The summed E-state index contributed by atoms with van der Waals surface area (Å²) in [4.78, 5) is 0. The van der Waals surface area contributed by atoms with E-state index >= 15 is 0 Å². The van der Waals surface area contributed by atoms with Gasteiger partial charge in [0.25, 0.3) is 0 Å². The monoisotopic (exact) mass is 204 g/mol. The normalized spacial score (nSPS) is 10.0. The quantitative estimate of drug-likeness (QED) is 0.770. The van der Waals surface area contributed by atoms with Crippen molar-refractivity contribution >= 4 is 0 Å². The third-order valence-electron chi connectivity index (χ3n) is 2.19. The van der Waals surface area contributed by atoms with Gasteiger partial charge >= 0.3 is 0 Å². The molecule has 0 saturated heterocycles. The molecular weight excluding hydrogens is 192 g/mol. The van der Waals surface area contributed by atoms with E-state index in [1.54, 1.807) is 20.5 Å². The Balaban J connectivity index is 2.43. The second kappa shape index (κ2) is 4.09. The molecule has 78 valence electrons. The lowest BCUT2D eigenvalue weighted by molar-refractivity contribution is 0.355. The Bertz CT molecular complexity index is 432. The van der Waals surface area contributed by atoms with Gasteiger partial charge in [0.2, 0.25) is 0 Å². The van der Waals surface area contributed by atoms with E-state index < -0.39 is 0 Å². The van der Waals surface area contributed by atoms with Crippen LogP contribution in [0.25, 0.3) is 11.3 Å². The van der Waals surface area contributed by atoms with Crippen LogP contribution in [0.5, 0.6) is 11.5 Å². The van der Waals surface area contributed by atoms with Crippen molar-refractivity contribution in [3.05, 3.63) is 36.6 Å². The van der Waals surface area contributed by atoms with E-state index in [1.807, 2.05) is 30.3 Å². The lowest BCUT2D eigenvalue weighted by Crippen LogP contribution is -1.90. The average Bonchev–Trinajstić information content (AvgIpc) is 2.81. The maximum Gasteiger partial charge on any atom is 0.161 e. The van der Waals surface area contributed by atoms with Crippen molar-refractivity contribution in [2.45, 2.75) is 0 Å². The Kier molecular flexibility index (Phi) is 2.63. The summed E-state index contributed by atoms with van der Waals surface area (Å²) < 4.78 is 15.7. The van der Waals surface area contributed by atoms with E-state index in [4.69, 9.17) is 13.9 Å². The Morgan fingerprint density at radius 2 is 1.80 bits per heavy atom. The van der Waals surface area contributed by atoms with Crippen molar-refractivity contribution in [2.24, 2.45) is 0 Å². The fraction of sp³-hybridized carbons (Fsp3) is 0.167. The number of rotatable bonds is 3. The highest BCUT2D eigenvalue weighted by Gasteiger charge is 2.07. The minimum atomic E-state index is 0.700. The van der Waals surface area contributed by atoms with Gasteiger partial charge in [0.15, 0.2) is 11.5 Å². The highest BCUT2D eigenvalue weighted by atomic mass is 16.5. The molecule has 0 aliphatic carbocycles. The molecule has 3 heteroatoms. The number of hydrogen-bond donors (Lipinski definition) is 0. The van der Waals surface area contributed by atoms with Gasteiger partial charge in [0.05, 0.1) is 20.5 Å². The molecular formula is C12H12O3. The van der Waals surface area contributed by atoms with Gasteiger partial charge in [0.1, 0.15) is 5.76 Å². The molecule has 0 aliphatic heterocycles. The van der Waals surface area contributed by atoms with E-state index in [2.05, 4.69) is 0 Å². The van der Waals surface area contributed by atoms with Crippen molar-refractivity contribution in [1.82, 2.24) is 0 Å². The van der Waals surface area contributed by atoms with Crippen LogP contribution in [0.15, 0.2) is 41.0 Å². The summed E-state index contributed by atoms with van der Waals surface area (Å²) >= 11 is 0. The molecule has 1 aromatic carbocycles. The smallest absolute Gasteiger partial charge is 0.161 e. The highest BCUT2D eigenvalue weighted by Crippen LogP contribution is 2.32. The predicted octanol–water partition coefficient (Wildman–Crippen LogP) is 2.96. The maximum absolute atomic E-state index is 5.30. The molecule has 3 nitrogen and oxygen atoms in total. The SMILES string of the molecule is COc1ccc(-c2ccco2)cc1OC. The van der Waals surface area contributed by atoms with Crippen molar-refractivity contribution < 1.29 is 13.9 Å².